The third-order valence-electron chi connectivity index (χ3n) is 5.67. The van der Waals surface area contributed by atoms with E-state index < -0.39 is 6.23 Å². The predicted molar refractivity (Wildman–Crippen MR) is 110 cm³/mol. The Morgan fingerprint density at radius 2 is 2.00 bits per heavy atom. The molecule has 1 saturated carbocycles. The van der Waals surface area contributed by atoms with Crippen molar-refractivity contribution < 1.29 is 9.84 Å². The number of aromatic nitrogens is 2. The van der Waals surface area contributed by atoms with E-state index in [1.807, 2.05) is 50.4 Å². The van der Waals surface area contributed by atoms with Crippen LogP contribution in [0.4, 0.5) is 5.82 Å². The van der Waals surface area contributed by atoms with E-state index in [0.717, 1.165) is 49.0 Å². The second kappa shape index (κ2) is 8.45. The fraction of sp³-hybridized carbons (Fsp3) is 0.545. The number of benzene rings is 1. The molecule has 1 aliphatic heterocycles. The molecule has 2 aliphatic rings. The van der Waals surface area contributed by atoms with E-state index in [4.69, 9.17) is 9.72 Å². The zero-order valence-electron chi connectivity index (χ0n) is 16.7. The Kier molecular flexibility index (Phi) is 5.78. The van der Waals surface area contributed by atoms with Gasteiger partial charge in [-0.05, 0) is 43.1 Å². The number of likely N-dealkylation sites (N-methyl/N-ethyl adjacent to an activating group) is 1. The zero-order valence-corrected chi connectivity index (χ0v) is 16.7. The van der Waals surface area contributed by atoms with Crippen molar-refractivity contribution in [1.82, 2.24) is 15.3 Å². The predicted octanol–water partition coefficient (Wildman–Crippen LogP) is 3.04. The van der Waals surface area contributed by atoms with E-state index in [9.17, 15) is 5.11 Å². The Morgan fingerprint density at radius 1 is 1.21 bits per heavy atom. The smallest absolute Gasteiger partial charge is 0.133 e. The van der Waals surface area contributed by atoms with E-state index in [1.54, 1.807) is 0 Å². The van der Waals surface area contributed by atoms with Gasteiger partial charge in [0.1, 0.15) is 29.7 Å². The number of hydrogen-bond donors (Lipinski definition) is 2. The van der Waals surface area contributed by atoms with Gasteiger partial charge in [-0.1, -0.05) is 26.0 Å². The van der Waals surface area contributed by atoms with Gasteiger partial charge in [0.05, 0.1) is 6.54 Å². The summed E-state index contributed by atoms with van der Waals surface area (Å²) in [6.45, 7) is 6.56. The number of nitrogens with zero attached hydrogens (tertiary/aromatic N) is 3. The van der Waals surface area contributed by atoms with Crippen LogP contribution in [0, 0.1) is 0 Å². The van der Waals surface area contributed by atoms with Gasteiger partial charge in [0.25, 0.3) is 0 Å². The van der Waals surface area contributed by atoms with Gasteiger partial charge in [0.2, 0.25) is 0 Å². The first kappa shape index (κ1) is 19.2. The van der Waals surface area contributed by atoms with Crippen molar-refractivity contribution in [3.8, 4) is 5.75 Å². The number of aliphatic hydroxyl groups is 1. The molecule has 2 fully saturated rings. The highest BCUT2D eigenvalue weighted by atomic mass is 16.5. The number of hydrogen-bond acceptors (Lipinski definition) is 6. The molecule has 2 unspecified atom stereocenters. The standard InChI is InChI=1S/C22H30N4O2/c1-3-23-22(27)15(2)16-6-8-18(9-7-16)28-19-11-13-26(14-19)20-10-12-24-21(25-20)17-4-5-17/h6-10,12,15,17,19,22-23,27H,3-5,11,13-14H2,1-2H3/t15?,19-,22?/m1/s1. The minimum absolute atomic E-state index is 0.0365. The SMILES string of the molecule is CCNC(O)C(C)c1ccc(O[C@@H]2CCN(c3ccnc(C4CC4)n3)C2)cc1. The summed E-state index contributed by atoms with van der Waals surface area (Å²) in [7, 11) is 0. The first-order valence-corrected chi connectivity index (χ1v) is 10.4. The van der Waals surface area contributed by atoms with Gasteiger partial charge in [-0.25, -0.2) is 9.97 Å². The van der Waals surface area contributed by atoms with Crippen molar-refractivity contribution >= 4 is 5.82 Å². The van der Waals surface area contributed by atoms with Gasteiger partial charge in [-0.2, -0.15) is 0 Å². The highest BCUT2D eigenvalue weighted by Gasteiger charge is 2.29. The van der Waals surface area contributed by atoms with Crippen molar-refractivity contribution in [3.05, 3.63) is 47.9 Å². The van der Waals surface area contributed by atoms with Crippen molar-refractivity contribution in [2.24, 2.45) is 0 Å². The first-order chi connectivity index (χ1) is 13.6. The second-order valence-corrected chi connectivity index (χ2v) is 7.88. The van der Waals surface area contributed by atoms with E-state index in [0.29, 0.717) is 5.92 Å². The topological polar surface area (TPSA) is 70.5 Å². The summed E-state index contributed by atoms with van der Waals surface area (Å²) in [6, 6.07) is 10.1. The molecule has 6 nitrogen and oxygen atoms in total. The van der Waals surface area contributed by atoms with Crippen LogP contribution in [0.3, 0.4) is 0 Å². The maximum absolute atomic E-state index is 10.1. The number of nitrogens with one attached hydrogen (secondary N) is 1. The summed E-state index contributed by atoms with van der Waals surface area (Å²) in [5.41, 5.74) is 1.10. The summed E-state index contributed by atoms with van der Waals surface area (Å²) in [6.07, 6.45) is 4.93. The molecule has 2 heterocycles. The van der Waals surface area contributed by atoms with Crippen LogP contribution in [0.15, 0.2) is 36.5 Å². The van der Waals surface area contributed by atoms with E-state index in [-0.39, 0.29) is 12.0 Å². The van der Waals surface area contributed by atoms with Crippen molar-refractivity contribution in [1.29, 1.82) is 0 Å². The van der Waals surface area contributed by atoms with E-state index >= 15 is 0 Å². The number of aliphatic hydroxyl groups excluding tert-OH is 1. The molecule has 150 valence electrons. The summed E-state index contributed by atoms with van der Waals surface area (Å²) in [5.74, 6) is 3.49. The fourth-order valence-electron chi connectivity index (χ4n) is 3.72. The number of rotatable bonds is 8. The molecule has 2 aromatic rings. The van der Waals surface area contributed by atoms with Gasteiger partial charge in [-0.15, -0.1) is 0 Å². The maximum atomic E-state index is 10.1. The lowest BCUT2D eigenvalue weighted by Crippen LogP contribution is -2.33. The van der Waals surface area contributed by atoms with Crippen LogP contribution in [0.25, 0.3) is 0 Å². The van der Waals surface area contributed by atoms with Gasteiger partial charge in [0.15, 0.2) is 0 Å². The van der Waals surface area contributed by atoms with Crippen molar-refractivity contribution in [2.75, 3.05) is 24.5 Å². The Labute approximate surface area is 167 Å². The molecule has 3 atom stereocenters. The average molecular weight is 383 g/mol. The fourth-order valence-corrected chi connectivity index (χ4v) is 3.72. The molecule has 28 heavy (non-hydrogen) atoms. The maximum Gasteiger partial charge on any atom is 0.133 e. The van der Waals surface area contributed by atoms with Crippen LogP contribution < -0.4 is 15.0 Å². The van der Waals surface area contributed by atoms with Gasteiger partial charge in [-0.3, -0.25) is 5.32 Å². The Morgan fingerprint density at radius 3 is 2.71 bits per heavy atom. The number of ether oxygens (including phenoxy) is 1. The van der Waals surface area contributed by atoms with E-state index in [2.05, 4.69) is 15.2 Å². The number of anilines is 1. The van der Waals surface area contributed by atoms with Gasteiger partial charge >= 0.3 is 0 Å². The van der Waals surface area contributed by atoms with Crippen LogP contribution in [0.2, 0.25) is 0 Å². The summed E-state index contributed by atoms with van der Waals surface area (Å²) in [4.78, 5) is 11.5. The molecule has 0 spiro atoms. The normalized spacial score (nSPS) is 21.5. The highest BCUT2D eigenvalue weighted by Crippen LogP contribution is 2.38. The molecule has 0 radical (unpaired) electrons. The molecule has 1 aromatic heterocycles. The summed E-state index contributed by atoms with van der Waals surface area (Å²) in [5, 5.41) is 13.2. The molecule has 6 heteroatoms. The van der Waals surface area contributed by atoms with Crippen LogP contribution in [-0.4, -0.2) is 47.0 Å². The van der Waals surface area contributed by atoms with E-state index in [1.165, 1.54) is 12.8 Å². The Hall–Kier alpha value is -2.18. The molecule has 0 bridgehead atoms. The second-order valence-electron chi connectivity index (χ2n) is 7.88. The van der Waals surface area contributed by atoms with Crippen molar-refractivity contribution in [2.45, 2.75) is 57.3 Å². The van der Waals surface area contributed by atoms with Gasteiger partial charge < -0.3 is 14.7 Å². The Balaban J connectivity index is 1.33. The molecule has 1 aromatic carbocycles. The molecule has 1 saturated heterocycles. The summed E-state index contributed by atoms with van der Waals surface area (Å²) < 4.78 is 6.20. The third kappa shape index (κ3) is 4.45. The first-order valence-electron chi connectivity index (χ1n) is 10.4. The van der Waals surface area contributed by atoms with Crippen molar-refractivity contribution in [3.63, 3.8) is 0 Å². The van der Waals surface area contributed by atoms with Crippen LogP contribution in [0.5, 0.6) is 5.75 Å². The lowest BCUT2D eigenvalue weighted by atomic mass is 9.99. The molecular weight excluding hydrogens is 352 g/mol. The monoisotopic (exact) mass is 382 g/mol. The Bertz CT molecular complexity index is 778. The minimum Gasteiger partial charge on any atom is -0.489 e. The third-order valence-corrected chi connectivity index (χ3v) is 5.67. The molecule has 0 amide bonds. The lowest BCUT2D eigenvalue weighted by Gasteiger charge is -2.21. The lowest BCUT2D eigenvalue weighted by molar-refractivity contribution is 0.115. The van der Waals surface area contributed by atoms with Crippen LogP contribution in [-0.2, 0) is 0 Å². The van der Waals surface area contributed by atoms with Crippen LogP contribution >= 0.6 is 0 Å². The summed E-state index contributed by atoms with van der Waals surface area (Å²) >= 11 is 0. The zero-order chi connectivity index (χ0) is 19.5. The van der Waals surface area contributed by atoms with Crippen LogP contribution in [0.1, 0.15) is 56.3 Å². The quantitative estimate of drug-likeness (QED) is 0.684. The molecular formula is C22H30N4O2. The molecule has 2 N–H and O–H groups in total. The minimum atomic E-state index is -0.534. The highest BCUT2D eigenvalue weighted by molar-refractivity contribution is 5.40. The van der Waals surface area contributed by atoms with Gasteiger partial charge in [0, 0.05) is 31.0 Å². The molecule has 1 aliphatic carbocycles. The largest absolute Gasteiger partial charge is 0.489 e. The molecule has 4 rings (SSSR count). The average Bonchev–Trinajstić information content (AvgIpc) is 3.47.